The normalized spacial score (nSPS) is 10.1. The molecule has 0 saturated carbocycles. The van der Waals surface area contributed by atoms with Crippen molar-refractivity contribution in [2.45, 2.75) is 64.7 Å². The first-order chi connectivity index (χ1) is 7.65. The minimum Gasteiger partial charge on any atom is -0.312 e. The van der Waals surface area contributed by atoms with Crippen LogP contribution in [0, 0.1) is 0 Å². The van der Waals surface area contributed by atoms with Gasteiger partial charge < -0.3 is 4.90 Å². The monoisotopic (exact) mass is 249 g/mol. The number of hydrogen-bond donors (Lipinski definition) is 0. The van der Waals surface area contributed by atoms with Crippen LogP contribution in [0.2, 0.25) is 0 Å². The fourth-order valence-electron chi connectivity index (χ4n) is 1.41. The van der Waals surface area contributed by atoms with E-state index in [9.17, 15) is 0 Å². The third-order valence-corrected chi connectivity index (χ3v) is 2.50. The number of halogens is 1. The largest absolute Gasteiger partial charge is 0.312 e. The van der Waals surface area contributed by atoms with Crippen LogP contribution < -0.4 is 0 Å². The van der Waals surface area contributed by atoms with E-state index in [1.165, 1.54) is 57.8 Å². The molecule has 0 aromatic heterocycles. The number of alkyl halides is 1. The molecule has 0 bridgehead atoms. The molecule has 0 unspecified atom stereocenters. The van der Waals surface area contributed by atoms with E-state index in [0.29, 0.717) is 0 Å². The number of hydrogen-bond acceptors (Lipinski definition) is 1. The predicted molar refractivity (Wildman–Crippen MR) is 77.6 cm³/mol. The Labute approximate surface area is 109 Å². The topological polar surface area (TPSA) is 3.24 Å². The third-order valence-electron chi connectivity index (χ3n) is 2.24. The van der Waals surface area contributed by atoms with Crippen molar-refractivity contribution in [3.8, 4) is 0 Å². The lowest BCUT2D eigenvalue weighted by Crippen LogP contribution is -1.99. The Morgan fingerprint density at radius 3 is 1.31 bits per heavy atom. The average Bonchev–Trinajstić information content (AvgIpc) is 2.21. The molecular weight excluding hydrogens is 218 g/mol. The fraction of sp³-hybridized carbons (Fsp3) is 1.00. The van der Waals surface area contributed by atoms with Gasteiger partial charge in [-0.3, -0.25) is 0 Å². The average molecular weight is 250 g/mol. The van der Waals surface area contributed by atoms with Crippen molar-refractivity contribution >= 4 is 11.6 Å². The lowest BCUT2D eigenvalue weighted by molar-refractivity contribution is 0.505. The molecule has 0 spiro atoms. The Morgan fingerprint density at radius 2 is 1.00 bits per heavy atom. The first-order valence-electron chi connectivity index (χ1n) is 6.82. The van der Waals surface area contributed by atoms with Crippen molar-refractivity contribution in [1.29, 1.82) is 0 Å². The first-order valence-corrected chi connectivity index (χ1v) is 7.35. The summed E-state index contributed by atoms with van der Waals surface area (Å²) >= 11 is 5.58. The summed E-state index contributed by atoms with van der Waals surface area (Å²) in [6, 6.07) is 0. The summed E-state index contributed by atoms with van der Waals surface area (Å²) in [4.78, 5) is 2.00. The van der Waals surface area contributed by atoms with Gasteiger partial charge in [-0.05, 0) is 27.6 Å². The molecular formula is C14H32ClN. The molecule has 0 amide bonds. The zero-order valence-electron chi connectivity index (χ0n) is 11.9. The summed E-state index contributed by atoms with van der Waals surface area (Å²) in [6.07, 6.45) is 12.4. The number of unbranched alkanes of at least 4 members (excludes halogenated alkanes) is 8. The molecule has 0 radical (unpaired) electrons. The van der Waals surface area contributed by atoms with Crippen LogP contribution in [0.3, 0.4) is 0 Å². The van der Waals surface area contributed by atoms with E-state index in [1.54, 1.807) is 0 Å². The highest BCUT2D eigenvalue weighted by Crippen LogP contribution is 2.09. The highest BCUT2D eigenvalue weighted by Gasteiger charge is 1.90. The molecule has 0 aliphatic carbocycles. The predicted octanol–water partition coefficient (Wildman–Crippen LogP) is 4.93. The quantitative estimate of drug-likeness (QED) is 0.414. The van der Waals surface area contributed by atoms with E-state index in [-0.39, 0.29) is 0 Å². The Bertz CT molecular complexity index is 92.2. The number of rotatable bonds is 9. The summed E-state index contributed by atoms with van der Waals surface area (Å²) in [5.74, 6) is 0.843. The number of nitrogens with zero attached hydrogens (tertiary/aromatic N) is 1. The summed E-state index contributed by atoms with van der Waals surface area (Å²) in [5.41, 5.74) is 0. The van der Waals surface area contributed by atoms with E-state index in [2.05, 4.69) is 6.92 Å². The van der Waals surface area contributed by atoms with Crippen LogP contribution in [-0.4, -0.2) is 31.9 Å². The summed E-state index contributed by atoms with van der Waals surface area (Å²) < 4.78 is 0. The smallest absolute Gasteiger partial charge is 0.0223 e. The van der Waals surface area contributed by atoms with Crippen LogP contribution in [0.25, 0.3) is 0 Å². The van der Waals surface area contributed by atoms with Crippen LogP contribution in [-0.2, 0) is 0 Å². The molecule has 0 aliphatic heterocycles. The van der Waals surface area contributed by atoms with E-state index >= 15 is 0 Å². The molecule has 0 atom stereocenters. The van der Waals surface area contributed by atoms with Crippen molar-refractivity contribution in [2.75, 3.05) is 27.0 Å². The van der Waals surface area contributed by atoms with E-state index < -0.39 is 0 Å². The van der Waals surface area contributed by atoms with Gasteiger partial charge >= 0.3 is 0 Å². The lowest BCUT2D eigenvalue weighted by atomic mass is 10.1. The molecule has 0 fully saturated rings. The first kappa shape index (κ1) is 18.6. The molecule has 0 N–H and O–H groups in total. The van der Waals surface area contributed by atoms with Crippen molar-refractivity contribution in [1.82, 2.24) is 4.90 Å². The molecule has 2 heteroatoms. The maximum atomic E-state index is 5.58. The molecule has 100 valence electrons. The summed E-state index contributed by atoms with van der Waals surface area (Å²) in [7, 11) is 6.00. The maximum absolute atomic E-state index is 5.58. The van der Waals surface area contributed by atoms with Gasteiger partial charge in [0.2, 0.25) is 0 Å². The highest BCUT2D eigenvalue weighted by atomic mass is 35.5. The molecule has 0 aromatic carbocycles. The molecule has 16 heavy (non-hydrogen) atoms. The summed E-state index contributed by atoms with van der Waals surface area (Å²) in [5, 5.41) is 0. The second kappa shape index (κ2) is 17.6. The Kier molecular flexibility index (Phi) is 20.5. The zero-order chi connectivity index (χ0) is 12.6. The summed E-state index contributed by atoms with van der Waals surface area (Å²) in [6.45, 7) is 2.26. The van der Waals surface area contributed by atoms with Crippen LogP contribution in [0.4, 0.5) is 0 Å². The van der Waals surface area contributed by atoms with Crippen molar-refractivity contribution in [2.24, 2.45) is 0 Å². The maximum Gasteiger partial charge on any atom is 0.0223 e. The molecule has 1 nitrogen and oxygen atoms in total. The minimum absolute atomic E-state index is 0.843. The Hall–Kier alpha value is 0.250. The van der Waals surface area contributed by atoms with E-state index in [1.807, 2.05) is 26.0 Å². The molecule has 0 aliphatic rings. The van der Waals surface area contributed by atoms with Gasteiger partial charge in [0.1, 0.15) is 0 Å². The van der Waals surface area contributed by atoms with E-state index in [0.717, 1.165) is 5.88 Å². The van der Waals surface area contributed by atoms with Gasteiger partial charge in [-0.2, -0.15) is 0 Å². The Morgan fingerprint density at radius 1 is 0.688 bits per heavy atom. The molecule has 0 heterocycles. The zero-order valence-corrected chi connectivity index (χ0v) is 12.7. The van der Waals surface area contributed by atoms with Gasteiger partial charge in [-0.25, -0.2) is 0 Å². The van der Waals surface area contributed by atoms with Crippen LogP contribution in [0.15, 0.2) is 0 Å². The second-order valence-electron chi connectivity index (χ2n) is 4.86. The van der Waals surface area contributed by atoms with Gasteiger partial charge in [-0.1, -0.05) is 58.3 Å². The van der Waals surface area contributed by atoms with Gasteiger partial charge in [0.15, 0.2) is 0 Å². The highest BCUT2D eigenvalue weighted by molar-refractivity contribution is 6.17. The second-order valence-corrected chi connectivity index (χ2v) is 5.24. The molecule has 0 rings (SSSR count). The Balaban J connectivity index is 0. The van der Waals surface area contributed by atoms with Crippen molar-refractivity contribution < 1.29 is 0 Å². The van der Waals surface area contributed by atoms with Crippen molar-refractivity contribution in [3.63, 3.8) is 0 Å². The fourth-order valence-corrected chi connectivity index (χ4v) is 1.59. The molecule has 0 saturated heterocycles. The minimum atomic E-state index is 0.843. The third kappa shape index (κ3) is 29.2. The van der Waals surface area contributed by atoms with Gasteiger partial charge in [0.05, 0.1) is 0 Å². The van der Waals surface area contributed by atoms with Gasteiger partial charge in [0, 0.05) is 5.88 Å². The van der Waals surface area contributed by atoms with Gasteiger partial charge in [-0.15, -0.1) is 11.6 Å². The lowest BCUT2D eigenvalue weighted by Gasteiger charge is -1.99. The standard InChI is InChI=1S/C11H23Cl.C3H9N/c1-2-3-4-5-6-7-8-9-10-11-12;1-4(2)3/h2-11H2,1H3;1-3H3. The van der Waals surface area contributed by atoms with E-state index in [4.69, 9.17) is 11.6 Å². The van der Waals surface area contributed by atoms with Gasteiger partial charge in [0.25, 0.3) is 0 Å². The van der Waals surface area contributed by atoms with Crippen LogP contribution in [0.1, 0.15) is 64.7 Å². The van der Waals surface area contributed by atoms with Crippen LogP contribution >= 0.6 is 11.6 Å². The molecule has 0 aromatic rings. The van der Waals surface area contributed by atoms with Crippen LogP contribution in [0.5, 0.6) is 0 Å². The SMILES string of the molecule is CCCCCCCCCCCCl.CN(C)C. The van der Waals surface area contributed by atoms with Crippen molar-refractivity contribution in [3.05, 3.63) is 0 Å².